The number of carbonyl (C=O) groups is 1. The van der Waals surface area contributed by atoms with Crippen LogP contribution in [0.5, 0.6) is 0 Å². The van der Waals surface area contributed by atoms with Crippen LogP contribution in [-0.2, 0) is 14.6 Å². The molecule has 0 fully saturated rings. The third-order valence-electron chi connectivity index (χ3n) is 2.04. The van der Waals surface area contributed by atoms with Crippen LogP contribution in [0.3, 0.4) is 0 Å². The average Bonchev–Trinajstić information content (AvgIpc) is 2.14. The molecule has 0 aromatic carbocycles. The lowest BCUT2D eigenvalue weighted by Crippen LogP contribution is -2.43. The number of hydrogen-bond donors (Lipinski definition) is 2. The highest BCUT2D eigenvalue weighted by atomic mass is 32.2. The molecule has 0 aromatic rings. The fraction of sp³-hybridized carbons (Fsp3) is 0.875. The average molecular weight is 239 g/mol. The van der Waals surface area contributed by atoms with E-state index < -0.39 is 21.0 Å². The smallest absolute Gasteiger partial charge is 0.240 e. The molecule has 0 aliphatic carbocycles. The Labute approximate surface area is 89.4 Å². The minimum Gasteiger partial charge on any atom is -0.395 e. The molecule has 2 N–H and O–H groups in total. The zero-order valence-corrected chi connectivity index (χ0v) is 9.70. The first-order chi connectivity index (χ1) is 6.84. The summed E-state index contributed by atoms with van der Waals surface area (Å²) in [4.78, 5) is 12.7. The predicted octanol–water partition coefficient (Wildman–Crippen LogP) is -1.77. The van der Waals surface area contributed by atoms with E-state index in [1.807, 2.05) is 0 Å². The lowest BCUT2D eigenvalue weighted by Gasteiger charge is -2.23. The van der Waals surface area contributed by atoms with Gasteiger partial charge in [-0.3, -0.25) is 4.79 Å². The fourth-order valence-electron chi connectivity index (χ4n) is 1.01. The topological polar surface area (TPSA) is 94.9 Å². The van der Waals surface area contributed by atoms with Crippen molar-refractivity contribution >= 4 is 15.7 Å². The summed E-state index contributed by atoms with van der Waals surface area (Å²) < 4.78 is 22.2. The van der Waals surface area contributed by atoms with Crippen LogP contribution in [0, 0.1) is 0 Å². The summed E-state index contributed by atoms with van der Waals surface area (Å²) in [7, 11) is -3.44. The van der Waals surface area contributed by atoms with Crippen LogP contribution < -0.4 is 0 Å². The third kappa shape index (κ3) is 4.59. The van der Waals surface area contributed by atoms with Gasteiger partial charge in [0.25, 0.3) is 0 Å². The summed E-state index contributed by atoms with van der Waals surface area (Å²) in [6.45, 7) is 0.822. The predicted molar refractivity (Wildman–Crippen MR) is 55.1 cm³/mol. The van der Waals surface area contributed by atoms with Crippen molar-refractivity contribution in [1.29, 1.82) is 0 Å². The second-order valence-electron chi connectivity index (χ2n) is 3.24. The SMILES string of the molecule is CC(C(=O)N(CCO)CCO)S(C)(=O)=O. The first-order valence-corrected chi connectivity index (χ1v) is 6.49. The van der Waals surface area contributed by atoms with Crippen molar-refractivity contribution in [3.05, 3.63) is 0 Å². The summed E-state index contributed by atoms with van der Waals surface area (Å²) in [5.74, 6) is -0.597. The van der Waals surface area contributed by atoms with Crippen molar-refractivity contribution < 1.29 is 23.4 Å². The molecule has 90 valence electrons. The van der Waals surface area contributed by atoms with E-state index in [-0.39, 0.29) is 26.3 Å². The molecule has 6 nitrogen and oxygen atoms in total. The van der Waals surface area contributed by atoms with E-state index in [9.17, 15) is 13.2 Å². The maximum Gasteiger partial charge on any atom is 0.240 e. The van der Waals surface area contributed by atoms with Gasteiger partial charge in [0.2, 0.25) is 5.91 Å². The lowest BCUT2D eigenvalue weighted by atomic mass is 10.3. The first-order valence-electron chi connectivity index (χ1n) is 4.54. The van der Waals surface area contributed by atoms with Crippen LogP contribution in [0.25, 0.3) is 0 Å². The molecule has 15 heavy (non-hydrogen) atoms. The van der Waals surface area contributed by atoms with E-state index in [0.29, 0.717) is 0 Å². The van der Waals surface area contributed by atoms with Crippen LogP contribution in [0.4, 0.5) is 0 Å². The molecular formula is C8H17NO5S. The Kier molecular flexibility index (Phi) is 5.77. The van der Waals surface area contributed by atoms with E-state index >= 15 is 0 Å². The standard InChI is InChI=1S/C8H17NO5S/c1-7(15(2,13)14)8(12)9(3-5-10)4-6-11/h7,10-11H,3-6H2,1-2H3. The summed E-state index contributed by atoms with van der Waals surface area (Å²) in [6.07, 6.45) is 0.978. The highest BCUT2D eigenvalue weighted by Gasteiger charge is 2.27. The Hall–Kier alpha value is -0.660. The molecule has 0 saturated heterocycles. The first kappa shape index (κ1) is 14.3. The normalized spacial score (nSPS) is 13.6. The number of amides is 1. The Morgan fingerprint density at radius 2 is 1.67 bits per heavy atom. The van der Waals surface area contributed by atoms with Gasteiger partial charge in [-0.1, -0.05) is 0 Å². The number of carbonyl (C=O) groups excluding carboxylic acids is 1. The second-order valence-corrected chi connectivity index (χ2v) is 5.61. The largest absolute Gasteiger partial charge is 0.395 e. The van der Waals surface area contributed by atoms with Gasteiger partial charge >= 0.3 is 0 Å². The Morgan fingerprint density at radius 3 is 1.93 bits per heavy atom. The van der Waals surface area contributed by atoms with Crippen LogP contribution in [0.2, 0.25) is 0 Å². The molecule has 0 aliphatic heterocycles. The monoisotopic (exact) mass is 239 g/mol. The van der Waals surface area contributed by atoms with Crippen molar-refractivity contribution in [3.63, 3.8) is 0 Å². The molecule has 0 heterocycles. The number of rotatable bonds is 6. The van der Waals surface area contributed by atoms with Crippen LogP contribution in [-0.4, -0.2) is 67.2 Å². The van der Waals surface area contributed by atoms with Crippen molar-refractivity contribution in [1.82, 2.24) is 4.90 Å². The van der Waals surface area contributed by atoms with Gasteiger partial charge < -0.3 is 15.1 Å². The molecule has 1 amide bonds. The van der Waals surface area contributed by atoms with Gasteiger partial charge in [-0.15, -0.1) is 0 Å². The van der Waals surface area contributed by atoms with Crippen molar-refractivity contribution in [2.45, 2.75) is 12.2 Å². The van der Waals surface area contributed by atoms with E-state index in [1.54, 1.807) is 0 Å². The van der Waals surface area contributed by atoms with E-state index in [0.717, 1.165) is 11.2 Å². The number of sulfone groups is 1. The highest BCUT2D eigenvalue weighted by Crippen LogP contribution is 2.03. The quantitative estimate of drug-likeness (QED) is 0.572. The molecule has 0 radical (unpaired) electrons. The van der Waals surface area contributed by atoms with Gasteiger partial charge in [0.15, 0.2) is 9.84 Å². The van der Waals surface area contributed by atoms with Crippen molar-refractivity contribution in [3.8, 4) is 0 Å². The Morgan fingerprint density at radius 1 is 1.27 bits per heavy atom. The molecule has 7 heteroatoms. The molecule has 1 atom stereocenters. The van der Waals surface area contributed by atoms with Crippen molar-refractivity contribution in [2.75, 3.05) is 32.6 Å². The van der Waals surface area contributed by atoms with Gasteiger partial charge in [-0.25, -0.2) is 8.42 Å². The molecule has 0 bridgehead atoms. The van der Waals surface area contributed by atoms with Crippen LogP contribution >= 0.6 is 0 Å². The molecular weight excluding hydrogens is 222 g/mol. The molecule has 0 spiro atoms. The van der Waals surface area contributed by atoms with Gasteiger partial charge in [0.05, 0.1) is 13.2 Å². The summed E-state index contributed by atoms with van der Waals surface area (Å²) in [6, 6.07) is 0. The van der Waals surface area contributed by atoms with Crippen molar-refractivity contribution in [2.24, 2.45) is 0 Å². The Balaban J connectivity index is 4.63. The van der Waals surface area contributed by atoms with E-state index in [1.165, 1.54) is 6.92 Å². The highest BCUT2D eigenvalue weighted by molar-refractivity contribution is 7.92. The third-order valence-corrected chi connectivity index (χ3v) is 3.53. The fourth-order valence-corrected chi connectivity index (χ4v) is 1.53. The summed E-state index contributed by atoms with van der Waals surface area (Å²) in [5.41, 5.74) is 0. The minimum absolute atomic E-state index is 0.0270. The Bertz CT molecular complexity index is 294. The lowest BCUT2D eigenvalue weighted by molar-refractivity contribution is -0.131. The van der Waals surface area contributed by atoms with Gasteiger partial charge in [-0.2, -0.15) is 0 Å². The van der Waals surface area contributed by atoms with Crippen LogP contribution in [0.15, 0.2) is 0 Å². The molecule has 0 aromatic heterocycles. The number of hydrogen-bond acceptors (Lipinski definition) is 5. The number of aliphatic hydroxyl groups is 2. The molecule has 1 unspecified atom stereocenters. The minimum atomic E-state index is -3.44. The molecule has 0 rings (SSSR count). The maximum absolute atomic E-state index is 11.6. The van der Waals surface area contributed by atoms with Gasteiger partial charge in [0.1, 0.15) is 5.25 Å². The molecule has 0 saturated carbocycles. The summed E-state index contributed by atoms with van der Waals surface area (Å²) in [5, 5.41) is 16.2. The van der Waals surface area contributed by atoms with E-state index in [2.05, 4.69) is 0 Å². The van der Waals surface area contributed by atoms with E-state index in [4.69, 9.17) is 10.2 Å². The summed E-state index contributed by atoms with van der Waals surface area (Å²) >= 11 is 0. The maximum atomic E-state index is 11.6. The number of aliphatic hydroxyl groups excluding tert-OH is 2. The number of nitrogens with zero attached hydrogens (tertiary/aromatic N) is 1. The second kappa shape index (κ2) is 6.04. The van der Waals surface area contributed by atoms with Gasteiger partial charge in [-0.05, 0) is 6.92 Å². The van der Waals surface area contributed by atoms with Gasteiger partial charge in [0, 0.05) is 19.3 Å². The zero-order valence-electron chi connectivity index (χ0n) is 8.88. The molecule has 0 aliphatic rings. The zero-order chi connectivity index (χ0) is 12.1. The van der Waals surface area contributed by atoms with Crippen LogP contribution in [0.1, 0.15) is 6.92 Å².